The van der Waals surface area contributed by atoms with Gasteiger partial charge in [0.1, 0.15) is 5.54 Å². The van der Waals surface area contributed by atoms with Crippen LogP contribution in [0.15, 0.2) is 60.7 Å². The lowest BCUT2D eigenvalue weighted by Crippen LogP contribution is -2.40. The molecule has 3 amide bonds. The molecule has 0 spiro atoms. The van der Waals surface area contributed by atoms with E-state index in [2.05, 4.69) is 20.8 Å². The summed E-state index contributed by atoms with van der Waals surface area (Å²) in [5.41, 5.74) is 0.373. The Morgan fingerprint density at radius 3 is 2.35 bits per heavy atom. The molecule has 1 aliphatic rings. The van der Waals surface area contributed by atoms with E-state index in [1.165, 1.54) is 4.68 Å². The van der Waals surface area contributed by atoms with Crippen molar-refractivity contribution in [3.63, 3.8) is 0 Å². The van der Waals surface area contributed by atoms with Crippen LogP contribution in [-0.2, 0) is 16.9 Å². The van der Waals surface area contributed by atoms with Crippen LogP contribution in [0.5, 0.6) is 0 Å². The fourth-order valence-corrected chi connectivity index (χ4v) is 3.02. The van der Waals surface area contributed by atoms with Crippen LogP contribution in [0.25, 0.3) is 5.69 Å². The summed E-state index contributed by atoms with van der Waals surface area (Å²) in [6, 6.07) is 18.0. The molecule has 4 rings (SSSR count). The van der Waals surface area contributed by atoms with Crippen molar-refractivity contribution < 1.29 is 9.59 Å². The van der Waals surface area contributed by atoms with E-state index in [1.54, 1.807) is 6.92 Å². The average Bonchev–Trinajstić information content (AvgIpc) is 3.22. The highest BCUT2D eigenvalue weighted by atomic mass is 16.2. The van der Waals surface area contributed by atoms with Crippen LogP contribution in [0.3, 0.4) is 0 Å². The van der Waals surface area contributed by atoms with E-state index >= 15 is 0 Å². The Bertz CT molecular complexity index is 956. The predicted octanol–water partition coefficient (Wildman–Crippen LogP) is 1.63. The number of carbonyl (C=O) groups is 2. The van der Waals surface area contributed by atoms with E-state index in [9.17, 15) is 9.59 Å². The summed E-state index contributed by atoms with van der Waals surface area (Å²) >= 11 is 0. The molecule has 8 heteroatoms. The number of hydrogen-bond donors (Lipinski definition) is 1. The van der Waals surface area contributed by atoms with E-state index < -0.39 is 11.6 Å². The summed E-state index contributed by atoms with van der Waals surface area (Å²) in [5, 5.41) is 14.4. The fourth-order valence-electron chi connectivity index (χ4n) is 3.02. The molecule has 1 unspecified atom stereocenters. The molecule has 8 nitrogen and oxygen atoms in total. The molecule has 1 aliphatic heterocycles. The summed E-state index contributed by atoms with van der Waals surface area (Å²) in [7, 11) is 0. The molecule has 1 N–H and O–H groups in total. The SMILES string of the molecule is CC1(c2ccccc2)NC(=O)N(Cc2nnnn2-c2ccccc2)C1=O. The summed E-state index contributed by atoms with van der Waals surface area (Å²) in [6.45, 7) is 1.68. The van der Waals surface area contributed by atoms with E-state index in [1.807, 2.05) is 60.7 Å². The van der Waals surface area contributed by atoms with Gasteiger partial charge in [0, 0.05) is 0 Å². The number of rotatable bonds is 4. The van der Waals surface area contributed by atoms with Crippen molar-refractivity contribution in [1.82, 2.24) is 30.4 Å². The first-order valence-electron chi connectivity index (χ1n) is 8.12. The van der Waals surface area contributed by atoms with Gasteiger partial charge in [-0.2, -0.15) is 4.68 Å². The zero-order valence-electron chi connectivity index (χ0n) is 14.0. The molecule has 130 valence electrons. The molecule has 2 aromatic carbocycles. The molecule has 1 aromatic heterocycles. The van der Waals surface area contributed by atoms with Crippen molar-refractivity contribution in [2.24, 2.45) is 0 Å². The zero-order chi connectivity index (χ0) is 18.1. The highest BCUT2D eigenvalue weighted by Crippen LogP contribution is 2.29. The minimum atomic E-state index is -1.11. The number of carbonyl (C=O) groups excluding carboxylic acids is 2. The molecule has 0 saturated carbocycles. The number of nitrogens with zero attached hydrogens (tertiary/aromatic N) is 5. The van der Waals surface area contributed by atoms with Crippen molar-refractivity contribution >= 4 is 11.9 Å². The minimum Gasteiger partial charge on any atom is -0.319 e. The Kier molecular flexibility index (Phi) is 3.72. The second-order valence-electron chi connectivity index (χ2n) is 6.15. The van der Waals surface area contributed by atoms with Crippen LogP contribution >= 0.6 is 0 Å². The first kappa shape index (κ1) is 15.9. The van der Waals surface area contributed by atoms with Crippen molar-refractivity contribution in [1.29, 1.82) is 0 Å². The van der Waals surface area contributed by atoms with Gasteiger partial charge in [-0.05, 0) is 35.0 Å². The molecular formula is C18H16N6O2. The normalized spacial score (nSPS) is 19.7. The number of para-hydroxylation sites is 1. The third-order valence-corrected chi connectivity index (χ3v) is 4.46. The van der Waals surface area contributed by atoms with E-state index in [0.29, 0.717) is 5.82 Å². The van der Waals surface area contributed by atoms with Crippen LogP contribution in [0.2, 0.25) is 0 Å². The summed E-state index contributed by atoms with van der Waals surface area (Å²) < 4.78 is 1.51. The number of nitrogens with one attached hydrogen (secondary N) is 1. The van der Waals surface area contributed by atoms with Crippen LogP contribution < -0.4 is 5.32 Å². The molecule has 3 aromatic rings. The number of imide groups is 1. The van der Waals surface area contributed by atoms with Gasteiger partial charge in [0.2, 0.25) is 0 Å². The maximum absolute atomic E-state index is 13.0. The molecule has 2 heterocycles. The first-order chi connectivity index (χ1) is 12.6. The number of hydrogen-bond acceptors (Lipinski definition) is 5. The molecule has 26 heavy (non-hydrogen) atoms. The quantitative estimate of drug-likeness (QED) is 0.724. The Labute approximate surface area is 149 Å². The number of benzene rings is 2. The molecular weight excluding hydrogens is 332 g/mol. The largest absolute Gasteiger partial charge is 0.325 e. The van der Waals surface area contributed by atoms with Crippen molar-refractivity contribution in [2.45, 2.75) is 19.0 Å². The topological polar surface area (TPSA) is 93.0 Å². The van der Waals surface area contributed by atoms with Gasteiger partial charge in [0.05, 0.1) is 12.2 Å². The van der Waals surface area contributed by atoms with Gasteiger partial charge in [-0.1, -0.05) is 48.5 Å². The van der Waals surface area contributed by atoms with Gasteiger partial charge < -0.3 is 5.32 Å². The molecule has 1 saturated heterocycles. The molecule has 1 atom stereocenters. The van der Waals surface area contributed by atoms with Gasteiger partial charge in [-0.25, -0.2) is 4.79 Å². The maximum atomic E-state index is 13.0. The number of urea groups is 1. The van der Waals surface area contributed by atoms with E-state index in [-0.39, 0.29) is 12.5 Å². The molecule has 0 radical (unpaired) electrons. The highest BCUT2D eigenvalue weighted by Gasteiger charge is 2.49. The fraction of sp³-hybridized carbons (Fsp3) is 0.167. The zero-order valence-corrected chi connectivity index (χ0v) is 14.0. The summed E-state index contributed by atoms with van der Waals surface area (Å²) in [5.74, 6) is 0.0633. The van der Waals surface area contributed by atoms with Crippen molar-refractivity contribution in [2.75, 3.05) is 0 Å². The highest BCUT2D eigenvalue weighted by molar-refractivity contribution is 6.07. The second-order valence-corrected chi connectivity index (χ2v) is 6.15. The smallest absolute Gasteiger partial charge is 0.319 e. The number of tetrazole rings is 1. The number of aromatic nitrogens is 4. The van der Waals surface area contributed by atoms with Crippen LogP contribution in [0, 0.1) is 0 Å². The van der Waals surface area contributed by atoms with Gasteiger partial charge in [-0.3, -0.25) is 9.69 Å². The first-order valence-corrected chi connectivity index (χ1v) is 8.12. The monoisotopic (exact) mass is 348 g/mol. The lowest BCUT2D eigenvalue weighted by molar-refractivity contribution is -0.131. The van der Waals surface area contributed by atoms with E-state index in [0.717, 1.165) is 16.2 Å². The lowest BCUT2D eigenvalue weighted by Gasteiger charge is -2.22. The van der Waals surface area contributed by atoms with E-state index in [4.69, 9.17) is 0 Å². The lowest BCUT2D eigenvalue weighted by atomic mass is 9.92. The Hall–Kier alpha value is -3.55. The molecule has 0 bridgehead atoms. The van der Waals surface area contributed by atoms with Crippen molar-refractivity contribution in [3.05, 3.63) is 72.1 Å². The maximum Gasteiger partial charge on any atom is 0.325 e. The van der Waals surface area contributed by atoms with Crippen LogP contribution in [0.1, 0.15) is 18.3 Å². The minimum absolute atomic E-state index is 0.0189. The second kappa shape index (κ2) is 6.07. The molecule has 0 aliphatic carbocycles. The predicted molar refractivity (Wildman–Crippen MR) is 92.0 cm³/mol. The molecule has 1 fully saturated rings. The standard InChI is InChI=1S/C18H16N6O2/c1-18(13-8-4-2-5-9-13)16(25)23(17(26)19-18)12-15-20-21-22-24(15)14-10-6-3-7-11-14/h2-11H,12H2,1H3,(H,19,26). The Morgan fingerprint density at radius 2 is 1.65 bits per heavy atom. The van der Waals surface area contributed by atoms with Gasteiger partial charge in [0.15, 0.2) is 5.82 Å². The average molecular weight is 348 g/mol. The van der Waals surface area contributed by atoms with Gasteiger partial charge in [0.25, 0.3) is 5.91 Å². The van der Waals surface area contributed by atoms with Crippen molar-refractivity contribution in [3.8, 4) is 5.69 Å². The third kappa shape index (κ3) is 2.52. The van der Waals surface area contributed by atoms with Gasteiger partial charge in [-0.15, -0.1) is 5.10 Å². The Balaban J connectivity index is 1.64. The summed E-state index contributed by atoms with van der Waals surface area (Å²) in [6.07, 6.45) is 0. The van der Waals surface area contributed by atoms with Crippen LogP contribution in [0.4, 0.5) is 4.79 Å². The van der Waals surface area contributed by atoms with Gasteiger partial charge >= 0.3 is 6.03 Å². The Morgan fingerprint density at radius 1 is 1.00 bits per heavy atom. The third-order valence-electron chi connectivity index (χ3n) is 4.46. The summed E-state index contributed by atoms with van der Waals surface area (Å²) in [4.78, 5) is 26.6. The number of amides is 3. The van der Waals surface area contributed by atoms with Crippen LogP contribution in [-0.4, -0.2) is 37.0 Å².